The maximum atomic E-state index is 11.2. The van der Waals surface area contributed by atoms with Crippen LogP contribution >= 0.6 is 0 Å². The molecule has 1 aromatic rings. The number of nitrogens with one attached hydrogen (secondary N) is 2. The zero-order chi connectivity index (χ0) is 15.1. The van der Waals surface area contributed by atoms with E-state index >= 15 is 0 Å². The molecule has 106 valence electrons. The van der Waals surface area contributed by atoms with E-state index < -0.39 is 24.8 Å². The van der Waals surface area contributed by atoms with Crippen LogP contribution < -0.4 is 11.1 Å². The average Bonchev–Trinajstić information content (AvgIpc) is 2.38. The minimum Gasteiger partial charge on any atom is -0.428 e. The predicted octanol–water partition coefficient (Wildman–Crippen LogP) is 0.358. The van der Waals surface area contributed by atoms with Crippen LogP contribution in [-0.2, 0) is 14.3 Å². The van der Waals surface area contributed by atoms with Crippen molar-refractivity contribution in [2.24, 2.45) is 5.73 Å². The quantitative estimate of drug-likeness (QED) is 0.317. The van der Waals surface area contributed by atoms with E-state index in [9.17, 15) is 14.4 Å². The van der Waals surface area contributed by atoms with Crippen molar-refractivity contribution in [3.63, 3.8) is 0 Å². The Kier molecular flexibility index (Phi) is 5.21. The molecule has 8 heteroatoms. The van der Waals surface area contributed by atoms with Crippen molar-refractivity contribution < 1.29 is 23.9 Å². The number of esters is 1. The number of amidine groups is 1. The third-order valence-corrected chi connectivity index (χ3v) is 2.14. The van der Waals surface area contributed by atoms with Crippen molar-refractivity contribution in [1.82, 2.24) is 5.32 Å². The topological polar surface area (TPSA) is 132 Å². The molecule has 0 fully saturated rings. The van der Waals surface area contributed by atoms with Gasteiger partial charge in [0.1, 0.15) is 5.84 Å². The Morgan fingerprint density at radius 2 is 1.70 bits per heavy atom. The lowest BCUT2D eigenvalue weighted by Crippen LogP contribution is -2.31. The molecule has 0 saturated heterocycles. The molecule has 1 aromatic carbocycles. The van der Waals surface area contributed by atoms with Gasteiger partial charge in [0.15, 0.2) is 0 Å². The summed E-state index contributed by atoms with van der Waals surface area (Å²) in [6.45, 7) is 0.638. The molecule has 0 unspecified atom stereocenters. The molecule has 0 aliphatic heterocycles. The number of rotatable bonds is 4. The Morgan fingerprint density at radius 1 is 1.15 bits per heavy atom. The number of benzene rings is 1. The fourth-order valence-electron chi connectivity index (χ4n) is 1.18. The lowest BCUT2D eigenvalue weighted by atomic mass is 10.1. The molecule has 0 saturated carbocycles. The first-order chi connectivity index (χ1) is 9.40. The molecule has 0 bridgehead atoms. The Balaban J connectivity index is 2.51. The Bertz CT molecular complexity index is 539. The monoisotopic (exact) mass is 279 g/mol. The number of ether oxygens (including phenoxy) is 2. The molecule has 0 radical (unpaired) electrons. The highest BCUT2D eigenvalue weighted by atomic mass is 16.7. The second-order valence-corrected chi connectivity index (χ2v) is 3.63. The van der Waals surface area contributed by atoms with Gasteiger partial charge in [-0.2, -0.15) is 0 Å². The molecule has 0 spiro atoms. The molecular weight excluding hydrogens is 266 g/mol. The summed E-state index contributed by atoms with van der Waals surface area (Å²) in [6, 6.07) is 5.76. The van der Waals surface area contributed by atoms with E-state index in [-0.39, 0.29) is 5.84 Å². The number of alkyl carbamates (subject to hydrolysis) is 1. The highest BCUT2D eigenvalue weighted by Crippen LogP contribution is 2.03. The smallest absolute Gasteiger partial charge is 0.415 e. The first-order valence-electron chi connectivity index (χ1n) is 5.46. The summed E-state index contributed by atoms with van der Waals surface area (Å²) in [7, 11) is 0. The zero-order valence-electron chi connectivity index (χ0n) is 10.6. The molecule has 0 atom stereocenters. The van der Waals surface area contributed by atoms with Crippen LogP contribution in [0, 0.1) is 5.41 Å². The van der Waals surface area contributed by atoms with Crippen LogP contribution in [-0.4, -0.2) is 30.6 Å². The lowest BCUT2D eigenvalue weighted by Gasteiger charge is -2.08. The molecular formula is C12H13N3O5. The normalized spacial score (nSPS) is 9.45. The van der Waals surface area contributed by atoms with Crippen molar-refractivity contribution in [2.45, 2.75) is 6.92 Å². The Morgan fingerprint density at radius 3 is 2.20 bits per heavy atom. The van der Waals surface area contributed by atoms with Crippen LogP contribution in [0.1, 0.15) is 22.8 Å². The van der Waals surface area contributed by atoms with Crippen molar-refractivity contribution in [1.29, 1.82) is 5.41 Å². The van der Waals surface area contributed by atoms with Gasteiger partial charge < -0.3 is 15.2 Å². The minimum atomic E-state index is -0.935. The van der Waals surface area contributed by atoms with E-state index in [4.69, 9.17) is 11.1 Å². The molecule has 2 amide bonds. The van der Waals surface area contributed by atoms with Crippen LogP contribution in [0.4, 0.5) is 4.79 Å². The first-order valence-corrected chi connectivity index (χ1v) is 5.46. The zero-order valence-corrected chi connectivity index (χ0v) is 10.6. The number of carbonyl (C=O) groups excluding carboxylic acids is 3. The summed E-state index contributed by atoms with van der Waals surface area (Å²) in [6.07, 6.45) is -0.935. The summed E-state index contributed by atoms with van der Waals surface area (Å²) in [5, 5.41) is 9.76. The van der Waals surface area contributed by atoms with Gasteiger partial charge >= 0.3 is 12.1 Å². The molecule has 1 rings (SSSR count). The number of nitrogens with two attached hydrogens (primary N) is 1. The molecule has 0 heterocycles. The van der Waals surface area contributed by atoms with Gasteiger partial charge in [0.2, 0.25) is 12.7 Å². The SMILES string of the molecule is CC(=O)OCOC(=O)NC(=N)c1ccc(C(N)=O)cc1. The number of hydrogen-bond acceptors (Lipinski definition) is 6. The Labute approximate surface area is 114 Å². The third kappa shape index (κ3) is 4.77. The van der Waals surface area contributed by atoms with Gasteiger partial charge in [-0.1, -0.05) is 12.1 Å². The van der Waals surface area contributed by atoms with Crippen molar-refractivity contribution in [3.8, 4) is 0 Å². The van der Waals surface area contributed by atoms with Crippen LogP contribution in [0.2, 0.25) is 0 Å². The largest absolute Gasteiger partial charge is 0.428 e. The average molecular weight is 279 g/mol. The highest BCUT2D eigenvalue weighted by Gasteiger charge is 2.09. The maximum absolute atomic E-state index is 11.2. The summed E-state index contributed by atoms with van der Waals surface area (Å²) in [5.74, 6) is -1.40. The molecule has 4 N–H and O–H groups in total. The van der Waals surface area contributed by atoms with Crippen LogP contribution in [0.3, 0.4) is 0 Å². The number of hydrogen-bond donors (Lipinski definition) is 3. The van der Waals surface area contributed by atoms with Gasteiger partial charge in [-0.15, -0.1) is 0 Å². The summed E-state index contributed by atoms with van der Waals surface area (Å²) in [4.78, 5) is 32.6. The van der Waals surface area contributed by atoms with Gasteiger partial charge in [0.05, 0.1) is 0 Å². The molecule has 8 nitrogen and oxygen atoms in total. The number of carbonyl (C=O) groups is 3. The fourth-order valence-corrected chi connectivity index (χ4v) is 1.18. The third-order valence-electron chi connectivity index (χ3n) is 2.14. The van der Waals surface area contributed by atoms with Gasteiger partial charge in [0.25, 0.3) is 0 Å². The van der Waals surface area contributed by atoms with Crippen LogP contribution in [0.5, 0.6) is 0 Å². The summed E-state index contributed by atoms with van der Waals surface area (Å²) < 4.78 is 8.90. The van der Waals surface area contributed by atoms with Crippen molar-refractivity contribution in [2.75, 3.05) is 6.79 Å². The van der Waals surface area contributed by atoms with E-state index in [0.29, 0.717) is 11.1 Å². The fraction of sp³-hybridized carbons (Fsp3) is 0.167. The maximum Gasteiger partial charge on any atom is 0.415 e. The van der Waals surface area contributed by atoms with Gasteiger partial charge in [-0.3, -0.25) is 20.3 Å². The van der Waals surface area contributed by atoms with Crippen LogP contribution in [0.15, 0.2) is 24.3 Å². The second-order valence-electron chi connectivity index (χ2n) is 3.63. The second kappa shape index (κ2) is 6.88. The van der Waals surface area contributed by atoms with Crippen molar-refractivity contribution in [3.05, 3.63) is 35.4 Å². The molecule has 20 heavy (non-hydrogen) atoms. The summed E-state index contributed by atoms with van der Waals surface area (Å²) in [5.41, 5.74) is 5.73. The molecule has 0 aromatic heterocycles. The Hall–Kier alpha value is -2.90. The van der Waals surface area contributed by atoms with E-state index in [2.05, 4.69) is 14.8 Å². The van der Waals surface area contributed by atoms with Crippen LogP contribution in [0.25, 0.3) is 0 Å². The summed E-state index contributed by atoms with van der Waals surface area (Å²) >= 11 is 0. The predicted molar refractivity (Wildman–Crippen MR) is 68.0 cm³/mol. The van der Waals surface area contributed by atoms with Gasteiger partial charge in [-0.25, -0.2) is 4.79 Å². The van der Waals surface area contributed by atoms with E-state index in [1.807, 2.05) is 0 Å². The van der Waals surface area contributed by atoms with Gasteiger partial charge in [0, 0.05) is 18.1 Å². The van der Waals surface area contributed by atoms with E-state index in [1.54, 1.807) is 0 Å². The molecule has 0 aliphatic rings. The minimum absolute atomic E-state index is 0.228. The standard InChI is InChI=1S/C12H13N3O5/c1-7(16)19-6-20-12(18)15-10(13)8-2-4-9(5-3-8)11(14)17/h2-5H,6H2,1H3,(H2,14,17)(H2,13,15,18). The van der Waals surface area contributed by atoms with E-state index in [1.165, 1.54) is 31.2 Å². The van der Waals surface area contributed by atoms with E-state index in [0.717, 1.165) is 0 Å². The van der Waals surface area contributed by atoms with Crippen molar-refractivity contribution >= 4 is 23.8 Å². The lowest BCUT2D eigenvalue weighted by molar-refractivity contribution is -0.148. The number of amides is 2. The number of primary amides is 1. The molecule has 0 aliphatic carbocycles. The highest BCUT2D eigenvalue weighted by molar-refractivity contribution is 6.05. The van der Waals surface area contributed by atoms with Gasteiger partial charge in [-0.05, 0) is 12.1 Å². The first kappa shape index (κ1) is 15.2.